The Labute approximate surface area is 183 Å². The summed E-state index contributed by atoms with van der Waals surface area (Å²) >= 11 is 6.23. The van der Waals surface area contributed by atoms with E-state index in [2.05, 4.69) is 24.0 Å². The molecule has 1 aromatic heterocycles. The van der Waals surface area contributed by atoms with Gasteiger partial charge in [0, 0.05) is 37.6 Å². The molecule has 0 spiro atoms. The lowest BCUT2D eigenvalue weighted by atomic mass is 10.1. The van der Waals surface area contributed by atoms with Crippen LogP contribution in [0.5, 0.6) is 5.75 Å². The fourth-order valence-electron chi connectivity index (χ4n) is 4.32. The molecule has 0 bridgehead atoms. The van der Waals surface area contributed by atoms with Crippen molar-refractivity contribution in [2.75, 3.05) is 26.2 Å². The summed E-state index contributed by atoms with van der Waals surface area (Å²) in [5.74, 6) is 2.74. The average molecular weight is 431 g/mol. The van der Waals surface area contributed by atoms with Crippen molar-refractivity contribution < 1.29 is 13.9 Å². The molecule has 1 amide bonds. The lowest BCUT2D eigenvalue weighted by Gasteiger charge is -2.32. The summed E-state index contributed by atoms with van der Waals surface area (Å²) in [6.45, 7) is 6.48. The number of nitrogens with zero attached hydrogens (tertiary/aromatic N) is 2. The van der Waals surface area contributed by atoms with Crippen LogP contribution in [0.2, 0.25) is 5.02 Å². The van der Waals surface area contributed by atoms with Crippen molar-refractivity contribution in [3.8, 4) is 5.75 Å². The molecule has 2 fully saturated rings. The highest BCUT2D eigenvalue weighted by Gasteiger charge is 2.26. The van der Waals surface area contributed by atoms with Gasteiger partial charge in [0.2, 0.25) is 0 Å². The van der Waals surface area contributed by atoms with Crippen molar-refractivity contribution in [3.63, 3.8) is 0 Å². The zero-order valence-electron chi connectivity index (χ0n) is 17.7. The van der Waals surface area contributed by atoms with Crippen LogP contribution in [-0.4, -0.2) is 48.0 Å². The molecule has 1 aromatic carbocycles. The van der Waals surface area contributed by atoms with Crippen molar-refractivity contribution in [2.24, 2.45) is 0 Å². The van der Waals surface area contributed by atoms with E-state index in [4.69, 9.17) is 20.8 Å². The molecule has 0 N–H and O–H groups in total. The number of hydrogen-bond acceptors (Lipinski definition) is 4. The summed E-state index contributed by atoms with van der Waals surface area (Å²) < 4.78 is 12.2. The van der Waals surface area contributed by atoms with Gasteiger partial charge in [-0.2, -0.15) is 0 Å². The van der Waals surface area contributed by atoms with Crippen LogP contribution in [0.3, 0.4) is 0 Å². The minimum absolute atomic E-state index is 0.0587. The second-order valence-electron chi connectivity index (χ2n) is 8.31. The van der Waals surface area contributed by atoms with Crippen LogP contribution in [0, 0.1) is 0 Å². The van der Waals surface area contributed by atoms with Gasteiger partial charge in [0.25, 0.3) is 5.91 Å². The largest absolute Gasteiger partial charge is 0.489 e. The third kappa shape index (κ3) is 5.19. The molecule has 0 radical (unpaired) electrons. The first-order valence-electron chi connectivity index (χ1n) is 11.2. The number of rotatable bonds is 6. The van der Waals surface area contributed by atoms with Crippen molar-refractivity contribution in [1.29, 1.82) is 0 Å². The van der Waals surface area contributed by atoms with E-state index in [0.29, 0.717) is 16.3 Å². The summed E-state index contributed by atoms with van der Waals surface area (Å²) in [6, 6.07) is 9.52. The Hall–Kier alpha value is -1.98. The molecule has 6 heteroatoms. The van der Waals surface area contributed by atoms with Crippen molar-refractivity contribution in [2.45, 2.75) is 58.1 Å². The lowest BCUT2D eigenvalue weighted by Crippen LogP contribution is -2.38. The van der Waals surface area contributed by atoms with Crippen LogP contribution >= 0.6 is 11.6 Å². The second-order valence-corrected chi connectivity index (χ2v) is 8.74. The number of piperidine rings is 2. The van der Waals surface area contributed by atoms with Crippen LogP contribution in [-0.2, 0) is 13.0 Å². The standard InChI is InChI=1S/C24H31ClN2O3/c1-2-19-7-8-21(29-19)17-26-14-10-20(11-15-26)30-23-16-18(25)6-9-22(23)24(28)27-12-4-3-5-13-27/h6-9,16,20H,2-5,10-15,17H2,1H3. The van der Waals surface area contributed by atoms with Crippen LogP contribution < -0.4 is 4.74 Å². The molecule has 0 unspecified atom stereocenters. The molecule has 2 aliphatic heterocycles. The quantitative estimate of drug-likeness (QED) is 0.634. The van der Waals surface area contributed by atoms with E-state index in [9.17, 15) is 4.79 Å². The predicted octanol–water partition coefficient (Wildman–Crippen LogP) is 5.16. The zero-order chi connectivity index (χ0) is 20.9. The van der Waals surface area contributed by atoms with E-state index in [0.717, 1.165) is 76.3 Å². The maximum Gasteiger partial charge on any atom is 0.257 e. The maximum absolute atomic E-state index is 13.0. The fraction of sp³-hybridized carbons (Fsp3) is 0.542. The first-order valence-corrected chi connectivity index (χ1v) is 11.6. The number of benzene rings is 1. The molecule has 30 heavy (non-hydrogen) atoms. The zero-order valence-corrected chi connectivity index (χ0v) is 18.5. The molecule has 2 aliphatic rings. The molecule has 3 heterocycles. The molecule has 0 aliphatic carbocycles. The fourth-order valence-corrected chi connectivity index (χ4v) is 4.48. The van der Waals surface area contributed by atoms with Gasteiger partial charge in [0.1, 0.15) is 23.4 Å². The van der Waals surface area contributed by atoms with Crippen LogP contribution in [0.4, 0.5) is 0 Å². The highest BCUT2D eigenvalue weighted by Crippen LogP contribution is 2.29. The minimum Gasteiger partial charge on any atom is -0.489 e. The molecule has 0 atom stereocenters. The number of carbonyl (C=O) groups is 1. The number of hydrogen-bond donors (Lipinski definition) is 0. The maximum atomic E-state index is 13.0. The van der Waals surface area contributed by atoms with Gasteiger partial charge in [0.15, 0.2) is 0 Å². The second kappa shape index (κ2) is 9.88. The Morgan fingerprint density at radius 3 is 2.50 bits per heavy atom. The number of halogens is 1. The van der Waals surface area contributed by atoms with Gasteiger partial charge in [-0.3, -0.25) is 9.69 Å². The van der Waals surface area contributed by atoms with Crippen LogP contribution in [0.25, 0.3) is 0 Å². The lowest BCUT2D eigenvalue weighted by molar-refractivity contribution is 0.0699. The third-order valence-corrected chi connectivity index (χ3v) is 6.33. The summed E-state index contributed by atoms with van der Waals surface area (Å²) in [5.41, 5.74) is 0.631. The van der Waals surface area contributed by atoms with E-state index < -0.39 is 0 Å². The molecule has 4 rings (SSSR count). The van der Waals surface area contributed by atoms with Crippen molar-refractivity contribution >= 4 is 17.5 Å². The SMILES string of the molecule is CCc1ccc(CN2CCC(Oc3cc(Cl)ccc3C(=O)N3CCCCC3)CC2)o1. The monoisotopic (exact) mass is 430 g/mol. The predicted molar refractivity (Wildman–Crippen MR) is 118 cm³/mol. The Morgan fingerprint density at radius 2 is 1.80 bits per heavy atom. The molecular weight excluding hydrogens is 400 g/mol. The highest BCUT2D eigenvalue weighted by molar-refractivity contribution is 6.30. The number of furan rings is 1. The van der Waals surface area contributed by atoms with E-state index in [1.165, 1.54) is 6.42 Å². The van der Waals surface area contributed by atoms with Gasteiger partial charge in [-0.05, 0) is 62.4 Å². The first kappa shape index (κ1) is 21.3. The topological polar surface area (TPSA) is 45.9 Å². The van der Waals surface area contributed by atoms with Gasteiger partial charge < -0.3 is 14.1 Å². The Balaban J connectivity index is 1.36. The van der Waals surface area contributed by atoms with Crippen molar-refractivity contribution in [1.82, 2.24) is 9.80 Å². The smallest absolute Gasteiger partial charge is 0.257 e. The van der Waals surface area contributed by atoms with Crippen molar-refractivity contribution in [3.05, 3.63) is 52.4 Å². The molecular formula is C24H31ClN2O3. The average Bonchev–Trinajstić information content (AvgIpc) is 3.23. The van der Waals surface area contributed by atoms with E-state index in [1.54, 1.807) is 12.1 Å². The Kier molecular flexibility index (Phi) is 7.00. The summed E-state index contributed by atoms with van der Waals surface area (Å²) in [4.78, 5) is 17.4. The first-order chi connectivity index (χ1) is 14.6. The molecule has 162 valence electrons. The highest BCUT2D eigenvalue weighted by atomic mass is 35.5. The summed E-state index contributed by atoms with van der Waals surface area (Å²) in [6.07, 6.45) is 6.21. The number of amides is 1. The van der Waals surface area contributed by atoms with E-state index in [-0.39, 0.29) is 12.0 Å². The number of likely N-dealkylation sites (tertiary alicyclic amines) is 2. The van der Waals surface area contributed by atoms with Gasteiger partial charge in [0.05, 0.1) is 12.1 Å². The normalized spacial score (nSPS) is 18.5. The van der Waals surface area contributed by atoms with E-state index >= 15 is 0 Å². The van der Waals surface area contributed by atoms with Crippen LogP contribution in [0.15, 0.2) is 34.7 Å². The molecule has 2 saturated heterocycles. The van der Waals surface area contributed by atoms with Crippen LogP contribution in [0.1, 0.15) is 60.9 Å². The number of aryl methyl sites for hydroxylation is 1. The molecule has 5 nitrogen and oxygen atoms in total. The number of ether oxygens (including phenoxy) is 1. The van der Waals surface area contributed by atoms with Gasteiger partial charge in [-0.25, -0.2) is 0 Å². The Morgan fingerprint density at radius 1 is 1.07 bits per heavy atom. The van der Waals surface area contributed by atoms with Gasteiger partial charge in [-0.15, -0.1) is 0 Å². The van der Waals surface area contributed by atoms with Gasteiger partial charge in [-0.1, -0.05) is 18.5 Å². The minimum atomic E-state index is 0.0587. The Bertz CT molecular complexity index is 852. The summed E-state index contributed by atoms with van der Waals surface area (Å²) in [5, 5.41) is 0.599. The third-order valence-electron chi connectivity index (χ3n) is 6.09. The number of carbonyl (C=O) groups excluding carboxylic acids is 1. The van der Waals surface area contributed by atoms with Gasteiger partial charge >= 0.3 is 0 Å². The molecule has 0 saturated carbocycles. The summed E-state index contributed by atoms with van der Waals surface area (Å²) in [7, 11) is 0. The molecule has 2 aromatic rings. The van der Waals surface area contributed by atoms with E-state index in [1.807, 2.05) is 11.0 Å².